The van der Waals surface area contributed by atoms with Gasteiger partial charge in [0.1, 0.15) is 6.33 Å². The van der Waals surface area contributed by atoms with Gasteiger partial charge in [0.15, 0.2) is 11.6 Å². The molecule has 3 rings (SSSR count). The number of nitrogens with zero attached hydrogens (tertiary/aromatic N) is 4. The minimum Gasteiger partial charge on any atom is -0.342 e. The molecule has 158 valence electrons. The monoisotopic (exact) mass is 429 g/mol. The van der Waals surface area contributed by atoms with Crippen LogP contribution in [0, 0.1) is 0 Å². The van der Waals surface area contributed by atoms with E-state index in [9.17, 15) is 31.1 Å². The van der Waals surface area contributed by atoms with Crippen molar-refractivity contribution in [2.45, 2.75) is 25.3 Å². The number of carbonyl (C=O) groups excluding carboxylic acids is 1. The number of alkyl halides is 6. The third kappa shape index (κ3) is 4.58. The Balaban J connectivity index is 1.91. The van der Waals surface area contributed by atoms with Crippen molar-refractivity contribution >= 4 is 5.91 Å². The maximum Gasteiger partial charge on any atom is 0.416 e. The van der Waals surface area contributed by atoms with Crippen LogP contribution in [-0.4, -0.2) is 25.7 Å². The number of hydrogen-bond acceptors (Lipinski definition) is 4. The minimum absolute atomic E-state index is 0.0437. The summed E-state index contributed by atoms with van der Waals surface area (Å²) in [5, 5.41) is 6.32. The molecule has 0 saturated heterocycles. The molecule has 2 aromatic heterocycles. The molecule has 3 aromatic rings. The van der Waals surface area contributed by atoms with Crippen molar-refractivity contribution in [2.75, 3.05) is 0 Å². The van der Waals surface area contributed by atoms with Crippen LogP contribution in [0.1, 0.15) is 40.3 Å². The molecule has 2 heterocycles. The molecule has 0 saturated carbocycles. The highest BCUT2D eigenvalue weighted by Gasteiger charge is 2.37. The van der Waals surface area contributed by atoms with Gasteiger partial charge in [0.05, 0.1) is 17.2 Å². The summed E-state index contributed by atoms with van der Waals surface area (Å²) < 4.78 is 79.3. The molecule has 1 aromatic carbocycles. The summed E-state index contributed by atoms with van der Waals surface area (Å²) in [6, 6.07) is 4.73. The van der Waals surface area contributed by atoms with E-state index in [2.05, 4.69) is 20.4 Å². The molecule has 0 bridgehead atoms. The SMILES string of the molecule is CC(NC(=O)c1cc(C(F)(F)F)cc(C(F)(F)F)c1)c1ncnn1-c1ccccn1. The van der Waals surface area contributed by atoms with E-state index in [1.54, 1.807) is 18.2 Å². The van der Waals surface area contributed by atoms with Crippen LogP contribution in [0.25, 0.3) is 5.82 Å². The number of rotatable bonds is 4. The average Bonchev–Trinajstić information content (AvgIpc) is 3.17. The predicted molar refractivity (Wildman–Crippen MR) is 91.5 cm³/mol. The predicted octanol–water partition coefficient (Wildman–Crippen LogP) is 4.19. The summed E-state index contributed by atoms with van der Waals surface area (Å²) in [6.45, 7) is 1.46. The Labute approximate surface area is 165 Å². The highest BCUT2D eigenvalue weighted by atomic mass is 19.4. The van der Waals surface area contributed by atoms with Crippen molar-refractivity contribution < 1.29 is 31.1 Å². The van der Waals surface area contributed by atoms with Crippen LogP contribution in [-0.2, 0) is 12.4 Å². The summed E-state index contributed by atoms with van der Waals surface area (Å²) in [6.07, 6.45) is -7.44. The Morgan fingerprint density at radius 2 is 1.63 bits per heavy atom. The third-order valence-electron chi connectivity index (χ3n) is 4.03. The maximum absolute atomic E-state index is 13.0. The van der Waals surface area contributed by atoms with E-state index in [0.717, 1.165) is 0 Å². The molecular formula is C18H13F6N5O. The molecule has 0 radical (unpaired) electrons. The summed E-state index contributed by atoms with van der Waals surface area (Å²) in [4.78, 5) is 20.5. The van der Waals surface area contributed by atoms with Crippen LogP contribution in [0.5, 0.6) is 0 Å². The first kappa shape index (κ1) is 21.3. The Morgan fingerprint density at radius 3 is 2.17 bits per heavy atom. The van der Waals surface area contributed by atoms with Crippen LogP contribution >= 0.6 is 0 Å². The Morgan fingerprint density at radius 1 is 1.00 bits per heavy atom. The highest BCUT2D eigenvalue weighted by Crippen LogP contribution is 2.36. The lowest BCUT2D eigenvalue weighted by atomic mass is 10.0. The molecule has 0 aliphatic rings. The number of halogens is 6. The molecular weight excluding hydrogens is 416 g/mol. The Hall–Kier alpha value is -3.44. The van der Waals surface area contributed by atoms with Crippen LogP contribution < -0.4 is 5.32 Å². The fraction of sp³-hybridized carbons (Fsp3) is 0.222. The number of amides is 1. The van der Waals surface area contributed by atoms with Gasteiger partial charge >= 0.3 is 12.4 Å². The lowest BCUT2D eigenvalue weighted by Crippen LogP contribution is -2.29. The highest BCUT2D eigenvalue weighted by molar-refractivity contribution is 5.94. The molecule has 30 heavy (non-hydrogen) atoms. The van der Waals surface area contributed by atoms with Crippen LogP contribution in [0.15, 0.2) is 48.9 Å². The number of carbonyl (C=O) groups is 1. The second kappa shape index (κ2) is 7.76. The lowest BCUT2D eigenvalue weighted by molar-refractivity contribution is -0.143. The van der Waals surface area contributed by atoms with Crippen molar-refractivity contribution in [1.29, 1.82) is 0 Å². The zero-order valence-electron chi connectivity index (χ0n) is 15.2. The summed E-state index contributed by atoms with van der Waals surface area (Å²) in [7, 11) is 0. The van der Waals surface area contributed by atoms with E-state index < -0.39 is 41.0 Å². The molecule has 1 amide bonds. The van der Waals surface area contributed by atoms with Gasteiger partial charge in [-0.15, -0.1) is 0 Å². The van der Waals surface area contributed by atoms with Gasteiger partial charge in [-0.1, -0.05) is 6.07 Å². The molecule has 1 unspecified atom stereocenters. The molecule has 6 nitrogen and oxygen atoms in total. The number of nitrogens with one attached hydrogen (secondary N) is 1. The van der Waals surface area contributed by atoms with Gasteiger partial charge < -0.3 is 5.32 Å². The standard InChI is InChI=1S/C18H13F6N5O/c1-10(15-26-9-27-29(15)14-4-2-3-5-25-14)28-16(30)11-6-12(17(19,20)21)8-13(7-11)18(22,23)24/h2-10H,1H3,(H,28,30). The van der Waals surface area contributed by atoms with Crippen LogP contribution in [0.2, 0.25) is 0 Å². The molecule has 12 heteroatoms. The van der Waals surface area contributed by atoms with E-state index >= 15 is 0 Å². The normalized spacial score (nSPS) is 13.2. The first-order chi connectivity index (χ1) is 14.0. The zero-order valence-corrected chi connectivity index (χ0v) is 15.2. The number of benzene rings is 1. The molecule has 1 atom stereocenters. The van der Waals surface area contributed by atoms with E-state index in [1.165, 1.54) is 24.1 Å². The molecule has 0 aliphatic carbocycles. The van der Waals surface area contributed by atoms with Crippen molar-refractivity contribution in [3.8, 4) is 5.82 Å². The van der Waals surface area contributed by atoms with Gasteiger partial charge in [-0.05, 0) is 37.3 Å². The largest absolute Gasteiger partial charge is 0.416 e. The molecule has 0 aliphatic heterocycles. The summed E-state index contributed by atoms with van der Waals surface area (Å²) in [5.41, 5.74) is -3.94. The van der Waals surface area contributed by atoms with Crippen LogP contribution in [0.3, 0.4) is 0 Å². The van der Waals surface area contributed by atoms with Crippen molar-refractivity contribution in [3.63, 3.8) is 0 Å². The van der Waals surface area contributed by atoms with Crippen molar-refractivity contribution in [2.24, 2.45) is 0 Å². The molecule has 0 spiro atoms. The molecule has 1 N–H and O–H groups in total. The molecule has 0 fully saturated rings. The van der Waals surface area contributed by atoms with E-state index in [4.69, 9.17) is 0 Å². The van der Waals surface area contributed by atoms with Gasteiger partial charge in [0.25, 0.3) is 5.91 Å². The van der Waals surface area contributed by atoms with E-state index in [1.807, 2.05) is 0 Å². The number of aromatic nitrogens is 4. The quantitative estimate of drug-likeness (QED) is 0.632. The van der Waals surface area contributed by atoms with Gasteiger partial charge in [-0.3, -0.25) is 4.79 Å². The van der Waals surface area contributed by atoms with E-state index in [0.29, 0.717) is 18.0 Å². The van der Waals surface area contributed by atoms with Crippen LogP contribution in [0.4, 0.5) is 26.3 Å². The maximum atomic E-state index is 13.0. The lowest BCUT2D eigenvalue weighted by Gasteiger charge is -2.17. The Kier molecular flexibility index (Phi) is 5.51. The van der Waals surface area contributed by atoms with Crippen molar-refractivity contribution in [3.05, 3.63) is 71.4 Å². The third-order valence-corrected chi connectivity index (χ3v) is 4.03. The second-order valence-electron chi connectivity index (χ2n) is 6.21. The van der Waals surface area contributed by atoms with Gasteiger partial charge in [-0.2, -0.15) is 36.1 Å². The zero-order chi connectivity index (χ0) is 22.1. The number of pyridine rings is 1. The van der Waals surface area contributed by atoms with Crippen molar-refractivity contribution in [1.82, 2.24) is 25.1 Å². The fourth-order valence-corrected chi connectivity index (χ4v) is 2.63. The minimum atomic E-state index is -5.05. The first-order valence-corrected chi connectivity index (χ1v) is 8.38. The second-order valence-corrected chi connectivity index (χ2v) is 6.21. The first-order valence-electron chi connectivity index (χ1n) is 8.38. The average molecular weight is 429 g/mol. The van der Waals surface area contributed by atoms with Gasteiger partial charge in [0, 0.05) is 11.8 Å². The smallest absolute Gasteiger partial charge is 0.342 e. The fourth-order valence-electron chi connectivity index (χ4n) is 2.63. The van der Waals surface area contributed by atoms with E-state index in [-0.39, 0.29) is 11.9 Å². The summed E-state index contributed by atoms with van der Waals surface area (Å²) in [5.74, 6) is -0.579. The number of hydrogen-bond donors (Lipinski definition) is 1. The van der Waals surface area contributed by atoms with Gasteiger partial charge in [-0.25, -0.2) is 9.97 Å². The Bertz CT molecular complexity index is 1010. The summed E-state index contributed by atoms with van der Waals surface area (Å²) >= 11 is 0. The van der Waals surface area contributed by atoms with Gasteiger partial charge in [0.2, 0.25) is 0 Å². The topological polar surface area (TPSA) is 72.7 Å².